The van der Waals surface area contributed by atoms with Gasteiger partial charge in [0.05, 0.1) is 18.3 Å². The number of nitrogens with one attached hydrogen (secondary N) is 1. The normalized spacial score (nSPS) is 12.4. The van der Waals surface area contributed by atoms with Crippen LogP contribution in [0.5, 0.6) is 0 Å². The zero-order valence-corrected chi connectivity index (χ0v) is 12.1. The fourth-order valence-electron chi connectivity index (χ4n) is 1.46. The molecule has 0 radical (unpaired) electrons. The zero-order valence-electron chi connectivity index (χ0n) is 11.3. The highest BCUT2D eigenvalue weighted by molar-refractivity contribution is 7.99. The van der Waals surface area contributed by atoms with Gasteiger partial charge in [-0.25, -0.2) is 0 Å². The van der Waals surface area contributed by atoms with Crippen LogP contribution in [0.4, 0.5) is 0 Å². The van der Waals surface area contributed by atoms with E-state index >= 15 is 0 Å². The maximum absolute atomic E-state index is 9.32. The van der Waals surface area contributed by atoms with Crippen LogP contribution in [0.25, 0.3) is 0 Å². The van der Waals surface area contributed by atoms with Crippen molar-refractivity contribution in [1.82, 2.24) is 5.32 Å². The average molecular weight is 280 g/mol. The van der Waals surface area contributed by atoms with Crippen LogP contribution in [0.1, 0.15) is 25.0 Å². The number of hydrogen-bond acceptors (Lipinski definition) is 5. The molecule has 3 N–H and O–H groups in total. The molecule has 0 fully saturated rings. The summed E-state index contributed by atoms with van der Waals surface area (Å²) in [6.45, 7) is 4.62. The van der Waals surface area contributed by atoms with Gasteiger partial charge in [-0.2, -0.15) is 5.26 Å². The van der Waals surface area contributed by atoms with Gasteiger partial charge in [0.1, 0.15) is 6.07 Å². The third-order valence-electron chi connectivity index (χ3n) is 2.52. The Balaban J connectivity index is 2.71. The van der Waals surface area contributed by atoms with E-state index in [0.717, 1.165) is 17.0 Å². The molecule has 1 rings (SSSR count). The van der Waals surface area contributed by atoms with Gasteiger partial charge in [0.2, 0.25) is 0 Å². The van der Waals surface area contributed by atoms with Crippen molar-refractivity contribution in [3.63, 3.8) is 0 Å². The van der Waals surface area contributed by atoms with Gasteiger partial charge in [-0.05, 0) is 17.7 Å². The molecule has 0 heterocycles. The van der Waals surface area contributed by atoms with E-state index < -0.39 is 6.10 Å². The Morgan fingerprint density at radius 3 is 2.74 bits per heavy atom. The van der Waals surface area contributed by atoms with Crippen LogP contribution in [-0.4, -0.2) is 34.7 Å². The van der Waals surface area contributed by atoms with Crippen molar-refractivity contribution in [2.24, 2.45) is 0 Å². The average Bonchev–Trinajstić information content (AvgIpc) is 2.42. The third-order valence-corrected chi connectivity index (χ3v) is 3.74. The number of nitriles is 1. The highest BCUT2D eigenvalue weighted by atomic mass is 32.2. The smallest absolute Gasteiger partial charge is 0.100 e. The van der Waals surface area contributed by atoms with Crippen LogP contribution in [0, 0.1) is 11.3 Å². The second-order valence-corrected chi connectivity index (χ2v) is 5.69. The van der Waals surface area contributed by atoms with E-state index in [0.29, 0.717) is 17.4 Å². The van der Waals surface area contributed by atoms with Crippen LogP contribution in [0.2, 0.25) is 0 Å². The van der Waals surface area contributed by atoms with Crippen LogP contribution in [0.15, 0.2) is 23.1 Å². The SMILES string of the molecule is CC(C)NCc1ccc(SCC(O)CO)c(C#N)c1. The Kier molecular flexibility index (Phi) is 6.89. The number of aliphatic hydroxyl groups excluding tert-OH is 2. The molecule has 1 unspecified atom stereocenters. The first-order chi connectivity index (χ1) is 9.06. The molecule has 1 atom stereocenters. The lowest BCUT2D eigenvalue weighted by atomic mass is 10.1. The van der Waals surface area contributed by atoms with Gasteiger partial charge in [-0.3, -0.25) is 0 Å². The van der Waals surface area contributed by atoms with E-state index in [-0.39, 0.29) is 6.61 Å². The number of aliphatic hydroxyl groups is 2. The van der Waals surface area contributed by atoms with Crippen LogP contribution in [0.3, 0.4) is 0 Å². The van der Waals surface area contributed by atoms with Gasteiger partial charge < -0.3 is 15.5 Å². The molecule has 0 aliphatic carbocycles. The first-order valence-electron chi connectivity index (χ1n) is 6.25. The Hall–Kier alpha value is -1.06. The molecule has 0 aromatic heterocycles. The highest BCUT2D eigenvalue weighted by Crippen LogP contribution is 2.24. The maximum Gasteiger partial charge on any atom is 0.100 e. The summed E-state index contributed by atoms with van der Waals surface area (Å²) in [7, 11) is 0. The van der Waals surface area contributed by atoms with Crippen molar-refractivity contribution in [2.45, 2.75) is 37.4 Å². The molecule has 5 heteroatoms. The summed E-state index contributed by atoms with van der Waals surface area (Å²) in [6, 6.07) is 8.31. The van der Waals surface area contributed by atoms with E-state index in [1.165, 1.54) is 11.8 Å². The number of benzene rings is 1. The summed E-state index contributed by atoms with van der Waals surface area (Å²) in [6.07, 6.45) is -0.751. The molecular formula is C14H20N2O2S. The molecule has 0 aliphatic heterocycles. The van der Waals surface area contributed by atoms with E-state index in [1.807, 2.05) is 18.2 Å². The summed E-state index contributed by atoms with van der Waals surface area (Å²) in [5.74, 6) is 0.384. The molecule has 0 saturated carbocycles. The van der Waals surface area contributed by atoms with Crippen molar-refractivity contribution >= 4 is 11.8 Å². The molecule has 4 nitrogen and oxygen atoms in total. The third kappa shape index (κ3) is 5.62. The second kappa shape index (κ2) is 8.18. The topological polar surface area (TPSA) is 76.3 Å². The number of rotatable bonds is 7. The second-order valence-electron chi connectivity index (χ2n) is 4.63. The molecule has 0 spiro atoms. The zero-order chi connectivity index (χ0) is 14.3. The van der Waals surface area contributed by atoms with E-state index in [1.54, 1.807) is 0 Å². The van der Waals surface area contributed by atoms with E-state index in [2.05, 4.69) is 25.2 Å². The number of hydrogen-bond donors (Lipinski definition) is 3. The van der Waals surface area contributed by atoms with Gasteiger partial charge in [-0.1, -0.05) is 19.9 Å². The molecule has 19 heavy (non-hydrogen) atoms. The summed E-state index contributed by atoms with van der Waals surface area (Å²) in [4.78, 5) is 0.836. The van der Waals surface area contributed by atoms with Crippen molar-refractivity contribution in [3.05, 3.63) is 29.3 Å². The van der Waals surface area contributed by atoms with Crippen molar-refractivity contribution in [3.8, 4) is 6.07 Å². The standard InChI is InChI=1S/C14H20N2O2S/c1-10(2)16-7-11-3-4-14(12(5-11)6-15)19-9-13(18)8-17/h3-5,10,13,16-18H,7-9H2,1-2H3. The lowest BCUT2D eigenvalue weighted by Gasteiger charge is -2.11. The van der Waals surface area contributed by atoms with Crippen molar-refractivity contribution < 1.29 is 10.2 Å². The highest BCUT2D eigenvalue weighted by Gasteiger charge is 2.08. The van der Waals surface area contributed by atoms with Gasteiger partial charge in [0, 0.05) is 23.2 Å². The first kappa shape index (κ1) is 16.0. The molecule has 0 aliphatic rings. The summed E-state index contributed by atoms with van der Waals surface area (Å²) >= 11 is 1.38. The lowest BCUT2D eigenvalue weighted by Crippen LogP contribution is -2.21. The van der Waals surface area contributed by atoms with Crippen LogP contribution >= 0.6 is 11.8 Å². The Bertz CT molecular complexity index is 444. The van der Waals surface area contributed by atoms with Gasteiger partial charge in [-0.15, -0.1) is 11.8 Å². The van der Waals surface area contributed by atoms with Crippen LogP contribution < -0.4 is 5.32 Å². The Morgan fingerprint density at radius 1 is 1.42 bits per heavy atom. The Labute approximate surface area is 118 Å². The molecule has 0 saturated heterocycles. The predicted octanol–water partition coefficient (Wildman–Crippen LogP) is 1.50. The molecule has 1 aromatic rings. The quantitative estimate of drug-likeness (QED) is 0.660. The molecule has 1 aromatic carbocycles. The van der Waals surface area contributed by atoms with Crippen molar-refractivity contribution in [2.75, 3.05) is 12.4 Å². The monoisotopic (exact) mass is 280 g/mol. The summed E-state index contributed by atoms with van der Waals surface area (Å²) < 4.78 is 0. The van der Waals surface area contributed by atoms with E-state index in [9.17, 15) is 5.11 Å². The minimum Gasteiger partial charge on any atom is -0.394 e. The lowest BCUT2D eigenvalue weighted by molar-refractivity contribution is 0.113. The largest absolute Gasteiger partial charge is 0.394 e. The molecular weight excluding hydrogens is 260 g/mol. The van der Waals surface area contributed by atoms with Crippen molar-refractivity contribution in [1.29, 1.82) is 5.26 Å². The molecule has 104 valence electrons. The summed E-state index contributed by atoms with van der Waals surface area (Å²) in [5.41, 5.74) is 1.68. The molecule has 0 bridgehead atoms. The number of thioether (sulfide) groups is 1. The predicted molar refractivity (Wildman–Crippen MR) is 76.9 cm³/mol. The fraction of sp³-hybridized carbons (Fsp3) is 0.500. The van der Waals surface area contributed by atoms with Crippen LogP contribution in [-0.2, 0) is 6.54 Å². The number of nitrogens with zero attached hydrogens (tertiary/aromatic N) is 1. The Morgan fingerprint density at radius 2 is 2.16 bits per heavy atom. The van der Waals surface area contributed by atoms with Gasteiger partial charge >= 0.3 is 0 Å². The van der Waals surface area contributed by atoms with Gasteiger partial charge in [0.15, 0.2) is 0 Å². The minimum absolute atomic E-state index is 0.259. The fourth-order valence-corrected chi connectivity index (χ4v) is 2.36. The van der Waals surface area contributed by atoms with Gasteiger partial charge in [0.25, 0.3) is 0 Å². The minimum atomic E-state index is -0.751. The van der Waals surface area contributed by atoms with E-state index in [4.69, 9.17) is 10.4 Å². The summed E-state index contributed by atoms with van der Waals surface area (Å²) in [5, 5.41) is 30.5. The first-order valence-corrected chi connectivity index (χ1v) is 7.23. The molecule has 0 amide bonds. The maximum atomic E-state index is 9.32.